The van der Waals surface area contributed by atoms with E-state index in [0.29, 0.717) is 29.6 Å². The van der Waals surface area contributed by atoms with Crippen LogP contribution in [0.3, 0.4) is 0 Å². The minimum absolute atomic E-state index is 0.0439. The maximum atomic E-state index is 12.4. The van der Waals surface area contributed by atoms with Crippen molar-refractivity contribution in [1.82, 2.24) is 4.90 Å². The van der Waals surface area contributed by atoms with Crippen molar-refractivity contribution in [3.63, 3.8) is 0 Å². The summed E-state index contributed by atoms with van der Waals surface area (Å²) in [7, 11) is 0. The molecule has 1 aliphatic heterocycles. The molecule has 1 heterocycles. The number of halogens is 2. The zero-order valence-corrected chi connectivity index (χ0v) is 13.3. The molecule has 3 nitrogen and oxygen atoms in total. The van der Waals surface area contributed by atoms with Gasteiger partial charge in [0.25, 0.3) is 0 Å². The third-order valence-corrected chi connectivity index (χ3v) is 4.61. The van der Waals surface area contributed by atoms with Crippen molar-refractivity contribution in [1.29, 1.82) is 0 Å². The molecular formula is C15H20Cl2N2O. The van der Waals surface area contributed by atoms with Crippen molar-refractivity contribution in [2.75, 3.05) is 13.1 Å². The molecule has 5 heteroatoms. The van der Waals surface area contributed by atoms with Crippen LogP contribution in [0.5, 0.6) is 0 Å². The van der Waals surface area contributed by atoms with E-state index in [1.807, 2.05) is 11.0 Å². The highest BCUT2D eigenvalue weighted by Crippen LogP contribution is 2.28. The Morgan fingerprint density at radius 3 is 2.75 bits per heavy atom. The summed E-state index contributed by atoms with van der Waals surface area (Å²) in [5.41, 5.74) is 6.86. The SMILES string of the molecule is CC1(C)CN(C(=O)Cc2ccc(Cl)cc2Cl)CCC1N. The van der Waals surface area contributed by atoms with Gasteiger partial charge in [-0.1, -0.05) is 43.1 Å². The number of likely N-dealkylation sites (tertiary alicyclic amines) is 1. The number of benzene rings is 1. The van der Waals surface area contributed by atoms with Crippen LogP contribution in [-0.4, -0.2) is 29.9 Å². The molecule has 1 amide bonds. The second kappa shape index (κ2) is 5.92. The van der Waals surface area contributed by atoms with Gasteiger partial charge in [-0.3, -0.25) is 4.79 Å². The van der Waals surface area contributed by atoms with E-state index in [0.717, 1.165) is 12.0 Å². The monoisotopic (exact) mass is 314 g/mol. The lowest BCUT2D eigenvalue weighted by atomic mass is 9.79. The van der Waals surface area contributed by atoms with Gasteiger partial charge in [0.1, 0.15) is 0 Å². The number of piperidine rings is 1. The lowest BCUT2D eigenvalue weighted by Gasteiger charge is -2.42. The topological polar surface area (TPSA) is 46.3 Å². The first-order valence-electron chi connectivity index (χ1n) is 6.77. The number of hydrogen-bond acceptors (Lipinski definition) is 2. The third kappa shape index (κ3) is 3.46. The number of carbonyl (C=O) groups is 1. The van der Waals surface area contributed by atoms with E-state index < -0.39 is 0 Å². The molecule has 0 saturated carbocycles. The maximum absolute atomic E-state index is 12.4. The zero-order valence-electron chi connectivity index (χ0n) is 11.8. The smallest absolute Gasteiger partial charge is 0.227 e. The van der Waals surface area contributed by atoms with E-state index in [1.54, 1.807) is 12.1 Å². The Balaban J connectivity index is 2.05. The van der Waals surface area contributed by atoms with E-state index in [2.05, 4.69) is 13.8 Å². The van der Waals surface area contributed by atoms with Gasteiger partial charge in [0, 0.05) is 29.2 Å². The minimum atomic E-state index is -0.0439. The van der Waals surface area contributed by atoms with E-state index in [9.17, 15) is 4.79 Å². The number of rotatable bonds is 2. The van der Waals surface area contributed by atoms with Gasteiger partial charge < -0.3 is 10.6 Å². The van der Waals surface area contributed by atoms with Gasteiger partial charge in [-0.2, -0.15) is 0 Å². The number of carbonyl (C=O) groups excluding carboxylic acids is 1. The first-order valence-corrected chi connectivity index (χ1v) is 7.52. The molecule has 110 valence electrons. The van der Waals surface area contributed by atoms with E-state index >= 15 is 0 Å². The Hall–Kier alpha value is -0.770. The molecule has 20 heavy (non-hydrogen) atoms. The van der Waals surface area contributed by atoms with Crippen molar-refractivity contribution in [2.24, 2.45) is 11.1 Å². The fourth-order valence-electron chi connectivity index (χ4n) is 2.53. The van der Waals surface area contributed by atoms with Gasteiger partial charge in [0.15, 0.2) is 0 Å². The van der Waals surface area contributed by atoms with E-state index in [1.165, 1.54) is 0 Å². The first kappa shape index (κ1) is 15.6. The normalized spacial score (nSPS) is 21.9. The number of amides is 1. The Bertz CT molecular complexity index is 517. The maximum Gasteiger partial charge on any atom is 0.227 e. The summed E-state index contributed by atoms with van der Waals surface area (Å²) in [6, 6.07) is 5.38. The molecular weight excluding hydrogens is 295 g/mol. The van der Waals surface area contributed by atoms with Gasteiger partial charge in [0.2, 0.25) is 5.91 Å². The van der Waals surface area contributed by atoms with Crippen molar-refractivity contribution >= 4 is 29.1 Å². The summed E-state index contributed by atoms with van der Waals surface area (Å²) in [5.74, 6) is 0.0918. The van der Waals surface area contributed by atoms with Crippen molar-refractivity contribution in [3.8, 4) is 0 Å². The van der Waals surface area contributed by atoms with Crippen LogP contribution < -0.4 is 5.73 Å². The van der Waals surface area contributed by atoms with Gasteiger partial charge >= 0.3 is 0 Å². The van der Waals surface area contributed by atoms with Crippen molar-refractivity contribution in [2.45, 2.75) is 32.7 Å². The minimum Gasteiger partial charge on any atom is -0.342 e. The largest absolute Gasteiger partial charge is 0.342 e. The summed E-state index contributed by atoms with van der Waals surface area (Å²) in [5, 5.41) is 1.12. The molecule has 0 aliphatic carbocycles. The van der Waals surface area contributed by atoms with Crippen molar-refractivity contribution in [3.05, 3.63) is 33.8 Å². The number of nitrogens with zero attached hydrogens (tertiary/aromatic N) is 1. The van der Waals surface area contributed by atoms with Gasteiger partial charge in [-0.25, -0.2) is 0 Å². The summed E-state index contributed by atoms with van der Waals surface area (Å²) >= 11 is 12.0. The van der Waals surface area contributed by atoms with Crippen LogP contribution in [0, 0.1) is 5.41 Å². The summed E-state index contributed by atoms with van der Waals surface area (Å²) in [6.07, 6.45) is 1.15. The molecule has 1 aromatic carbocycles. The summed E-state index contributed by atoms with van der Waals surface area (Å²) in [4.78, 5) is 14.3. The van der Waals surface area contributed by atoms with Crippen LogP contribution in [0.4, 0.5) is 0 Å². The predicted octanol–water partition coefficient (Wildman–Crippen LogP) is 3.12. The zero-order chi connectivity index (χ0) is 14.9. The average molecular weight is 315 g/mol. The quantitative estimate of drug-likeness (QED) is 0.911. The van der Waals surface area contributed by atoms with E-state index in [-0.39, 0.29) is 17.4 Å². The van der Waals surface area contributed by atoms with Crippen LogP contribution >= 0.6 is 23.2 Å². The second-order valence-electron chi connectivity index (χ2n) is 6.11. The standard InChI is InChI=1S/C15H20Cl2N2O/c1-15(2)9-19(6-5-13(15)18)14(20)7-10-3-4-11(16)8-12(10)17/h3-4,8,13H,5-7,9,18H2,1-2H3. The highest BCUT2D eigenvalue weighted by Gasteiger charge is 2.35. The molecule has 1 fully saturated rings. The molecule has 2 N–H and O–H groups in total. The molecule has 0 radical (unpaired) electrons. The molecule has 1 aliphatic rings. The summed E-state index contributed by atoms with van der Waals surface area (Å²) < 4.78 is 0. The number of hydrogen-bond donors (Lipinski definition) is 1. The Morgan fingerprint density at radius 1 is 1.45 bits per heavy atom. The van der Waals surface area contributed by atoms with E-state index in [4.69, 9.17) is 28.9 Å². The average Bonchev–Trinajstić information content (AvgIpc) is 2.36. The fraction of sp³-hybridized carbons (Fsp3) is 0.533. The summed E-state index contributed by atoms with van der Waals surface area (Å²) in [6.45, 7) is 5.62. The fourth-order valence-corrected chi connectivity index (χ4v) is 3.00. The highest BCUT2D eigenvalue weighted by molar-refractivity contribution is 6.35. The van der Waals surface area contributed by atoms with Crippen LogP contribution in [0.15, 0.2) is 18.2 Å². The molecule has 1 saturated heterocycles. The second-order valence-corrected chi connectivity index (χ2v) is 6.96. The Labute approximate surface area is 130 Å². The van der Waals surface area contributed by atoms with Gasteiger partial charge in [-0.15, -0.1) is 0 Å². The Kier molecular flexibility index (Phi) is 4.62. The Morgan fingerprint density at radius 2 is 2.15 bits per heavy atom. The highest BCUT2D eigenvalue weighted by atomic mass is 35.5. The first-order chi connectivity index (χ1) is 9.29. The molecule has 0 spiro atoms. The number of nitrogens with two attached hydrogens (primary N) is 1. The molecule has 2 rings (SSSR count). The van der Waals surface area contributed by atoms with Gasteiger partial charge in [-0.05, 0) is 29.5 Å². The molecule has 0 bridgehead atoms. The van der Waals surface area contributed by atoms with Crippen LogP contribution in [0.2, 0.25) is 10.0 Å². The third-order valence-electron chi connectivity index (χ3n) is 4.02. The molecule has 1 aromatic rings. The lowest BCUT2D eigenvalue weighted by Crippen LogP contribution is -2.54. The van der Waals surface area contributed by atoms with Crippen molar-refractivity contribution < 1.29 is 4.79 Å². The predicted molar refractivity (Wildman–Crippen MR) is 83.1 cm³/mol. The molecule has 0 aromatic heterocycles. The van der Waals surface area contributed by atoms with Crippen LogP contribution in [-0.2, 0) is 11.2 Å². The molecule has 1 atom stereocenters. The van der Waals surface area contributed by atoms with Crippen LogP contribution in [0.1, 0.15) is 25.8 Å². The van der Waals surface area contributed by atoms with Gasteiger partial charge in [0.05, 0.1) is 6.42 Å². The molecule has 1 unspecified atom stereocenters. The lowest BCUT2D eigenvalue weighted by molar-refractivity contribution is -0.133. The van der Waals surface area contributed by atoms with Crippen LogP contribution in [0.25, 0.3) is 0 Å².